The maximum Gasteiger partial charge on any atom is 0.433 e. The summed E-state index contributed by atoms with van der Waals surface area (Å²) in [4.78, 5) is 33.2. The standard InChI is InChI=1S/C10H12N2O6/c1-2-11(6-5-9(13)14)10(15)7-3-4-8(18-7)12(16)17/h3-4H,2,5-6H2,1H3,(H,13,14). The molecule has 1 aromatic rings. The molecule has 0 saturated heterocycles. The van der Waals surface area contributed by atoms with Crippen molar-refractivity contribution < 1.29 is 24.0 Å². The van der Waals surface area contributed by atoms with E-state index in [2.05, 4.69) is 0 Å². The van der Waals surface area contributed by atoms with Crippen LogP contribution in [0.1, 0.15) is 23.9 Å². The van der Waals surface area contributed by atoms with Crippen LogP contribution in [0.25, 0.3) is 0 Å². The summed E-state index contributed by atoms with van der Waals surface area (Å²) >= 11 is 0. The lowest BCUT2D eigenvalue weighted by atomic mass is 10.3. The molecule has 1 amide bonds. The molecule has 18 heavy (non-hydrogen) atoms. The summed E-state index contributed by atoms with van der Waals surface area (Å²) in [5.74, 6) is -2.28. The Labute approximate surface area is 102 Å². The van der Waals surface area contributed by atoms with Gasteiger partial charge in [-0.3, -0.25) is 19.7 Å². The van der Waals surface area contributed by atoms with Crippen LogP contribution in [0, 0.1) is 10.1 Å². The predicted octanol–water partition coefficient (Wildman–Crippen LogP) is 1.12. The molecule has 8 nitrogen and oxygen atoms in total. The van der Waals surface area contributed by atoms with Crippen molar-refractivity contribution in [2.75, 3.05) is 13.1 Å². The van der Waals surface area contributed by atoms with Crippen LogP contribution in [0.5, 0.6) is 0 Å². The summed E-state index contributed by atoms with van der Waals surface area (Å²) in [6.45, 7) is 2.00. The van der Waals surface area contributed by atoms with E-state index in [-0.39, 0.29) is 18.7 Å². The third-order valence-electron chi connectivity index (χ3n) is 2.25. The number of nitro groups is 1. The van der Waals surface area contributed by atoms with Crippen LogP contribution in [-0.2, 0) is 4.79 Å². The fraction of sp³-hybridized carbons (Fsp3) is 0.400. The van der Waals surface area contributed by atoms with Gasteiger partial charge in [-0.15, -0.1) is 0 Å². The largest absolute Gasteiger partial charge is 0.481 e. The molecule has 0 bridgehead atoms. The Morgan fingerprint density at radius 1 is 1.50 bits per heavy atom. The van der Waals surface area contributed by atoms with Crippen molar-refractivity contribution in [3.05, 3.63) is 28.0 Å². The Morgan fingerprint density at radius 2 is 2.17 bits per heavy atom. The van der Waals surface area contributed by atoms with Crippen molar-refractivity contribution in [2.24, 2.45) is 0 Å². The van der Waals surface area contributed by atoms with Crippen LogP contribution >= 0.6 is 0 Å². The van der Waals surface area contributed by atoms with E-state index in [1.54, 1.807) is 6.92 Å². The van der Waals surface area contributed by atoms with Crippen LogP contribution in [0.3, 0.4) is 0 Å². The Balaban J connectivity index is 2.76. The first-order chi connectivity index (χ1) is 8.45. The summed E-state index contributed by atoms with van der Waals surface area (Å²) in [5, 5.41) is 18.9. The highest BCUT2D eigenvalue weighted by molar-refractivity contribution is 5.92. The van der Waals surface area contributed by atoms with E-state index in [9.17, 15) is 19.7 Å². The highest BCUT2D eigenvalue weighted by Gasteiger charge is 2.21. The van der Waals surface area contributed by atoms with Crippen LogP contribution < -0.4 is 0 Å². The number of rotatable bonds is 6. The quantitative estimate of drug-likeness (QED) is 0.602. The summed E-state index contributed by atoms with van der Waals surface area (Å²) in [6, 6.07) is 2.28. The first-order valence-corrected chi connectivity index (χ1v) is 5.21. The first kappa shape index (κ1) is 13.7. The van der Waals surface area contributed by atoms with Crippen molar-refractivity contribution in [1.82, 2.24) is 4.90 Å². The number of aliphatic carboxylic acids is 1. The van der Waals surface area contributed by atoms with Crippen molar-refractivity contribution in [3.63, 3.8) is 0 Å². The second-order valence-electron chi connectivity index (χ2n) is 3.42. The number of amides is 1. The van der Waals surface area contributed by atoms with Crippen molar-refractivity contribution in [1.29, 1.82) is 0 Å². The smallest absolute Gasteiger partial charge is 0.433 e. The van der Waals surface area contributed by atoms with Gasteiger partial charge >= 0.3 is 11.9 Å². The lowest BCUT2D eigenvalue weighted by molar-refractivity contribution is -0.402. The molecule has 1 heterocycles. The zero-order valence-corrected chi connectivity index (χ0v) is 9.66. The van der Waals surface area contributed by atoms with E-state index in [4.69, 9.17) is 9.52 Å². The number of carbonyl (C=O) groups is 2. The maximum absolute atomic E-state index is 11.8. The monoisotopic (exact) mass is 256 g/mol. The molecule has 0 fully saturated rings. The molecule has 1 N–H and O–H groups in total. The summed E-state index contributed by atoms with van der Waals surface area (Å²) in [7, 11) is 0. The number of carbonyl (C=O) groups excluding carboxylic acids is 1. The van der Waals surface area contributed by atoms with Gasteiger partial charge in [-0.05, 0) is 13.0 Å². The maximum atomic E-state index is 11.8. The number of nitrogens with zero attached hydrogens (tertiary/aromatic N) is 2. The third-order valence-corrected chi connectivity index (χ3v) is 2.25. The molecule has 8 heteroatoms. The molecular weight excluding hydrogens is 244 g/mol. The van der Waals surface area contributed by atoms with Gasteiger partial charge in [0.1, 0.15) is 4.92 Å². The highest BCUT2D eigenvalue weighted by atomic mass is 16.6. The van der Waals surface area contributed by atoms with Gasteiger partial charge in [0.2, 0.25) is 0 Å². The molecule has 0 atom stereocenters. The molecule has 0 spiro atoms. The lowest BCUT2D eigenvalue weighted by Gasteiger charge is -2.18. The Bertz CT molecular complexity index is 467. The number of hydrogen-bond acceptors (Lipinski definition) is 5. The molecule has 1 rings (SSSR count). The van der Waals surface area contributed by atoms with Gasteiger partial charge in [0.05, 0.1) is 12.5 Å². The Kier molecular flexibility index (Phi) is 4.41. The number of carboxylic acid groups (broad SMARTS) is 1. The fourth-order valence-corrected chi connectivity index (χ4v) is 1.33. The molecule has 1 aromatic heterocycles. The number of hydrogen-bond donors (Lipinski definition) is 1. The number of carboxylic acids is 1. The molecule has 0 radical (unpaired) electrons. The van der Waals surface area contributed by atoms with Crippen molar-refractivity contribution in [3.8, 4) is 0 Å². The van der Waals surface area contributed by atoms with Crippen molar-refractivity contribution >= 4 is 17.8 Å². The van der Waals surface area contributed by atoms with E-state index >= 15 is 0 Å². The van der Waals surface area contributed by atoms with E-state index < -0.39 is 22.7 Å². The zero-order chi connectivity index (χ0) is 13.7. The molecule has 0 aliphatic carbocycles. The van der Waals surface area contributed by atoms with Crippen LogP contribution in [0.2, 0.25) is 0 Å². The van der Waals surface area contributed by atoms with Gasteiger partial charge in [-0.25, -0.2) is 0 Å². The lowest BCUT2D eigenvalue weighted by Crippen LogP contribution is -2.32. The molecule has 0 unspecified atom stereocenters. The third kappa shape index (κ3) is 3.30. The van der Waals surface area contributed by atoms with Gasteiger partial charge in [-0.2, -0.15) is 0 Å². The summed E-state index contributed by atoms with van der Waals surface area (Å²) in [6.07, 6.45) is -0.192. The minimum absolute atomic E-state index is 0.0269. The fourth-order valence-electron chi connectivity index (χ4n) is 1.33. The van der Waals surface area contributed by atoms with E-state index in [1.165, 1.54) is 11.0 Å². The highest BCUT2D eigenvalue weighted by Crippen LogP contribution is 2.17. The van der Waals surface area contributed by atoms with Gasteiger partial charge < -0.3 is 14.4 Å². The normalized spacial score (nSPS) is 10.1. The minimum Gasteiger partial charge on any atom is -0.481 e. The minimum atomic E-state index is -1.02. The zero-order valence-electron chi connectivity index (χ0n) is 9.66. The van der Waals surface area contributed by atoms with Gasteiger partial charge in [0.25, 0.3) is 5.91 Å². The van der Waals surface area contributed by atoms with E-state index in [0.717, 1.165) is 6.07 Å². The average Bonchev–Trinajstić information content (AvgIpc) is 2.78. The van der Waals surface area contributed by atoms with E-state index in [0.29, 0.717) is 6.54 Å². The van der Waals surface area contributed by atoms with Crippen molar-refractivity contribution in [2.45, 2.75) is 13.3 Å². The van der Waals surface area contributed by atoms with Gasteiger partial charge in [0.15, 0.2) is 5.76 Å². The van der Waals surface area contributed by atoms with Gasteiger partial charge in [-0.1, -0.05) is 0 Å². The Morgan fingerprint density at radius 3 is 2.61 bits per heavy atom. The van der Waals surface area contributed by atoms with Crippen LogP contribution in [0.4, 0.5) is 5.88 Å². The molecular formula is C10H12N2O6. The second kappa shape index (κ2) is 5.80. The first-order valence-electron chi connectivity index (χ1n) is 5.21. The molecule has 0 saturated carbocycles. The SMILES string of the molecule is CCN(CCC(=O)O)C(=O)c1ccc([N+](=O)[O-])o1. The summed E-state index contributed by atoms with van der Waals surface area (Å²) < 4.78 is 4.76. The van der Waals surface area contributed by atoms with Crippen LogP contribution in [0.15, 0.2) is 16.5 Å². The van der Waals surface area contributed by atoms with Crippen LogP contribution in [-0.4, -0.2) is 39.9 Å². The average molecular weight is 256 g/mol. The molecule has 98 valence electrons. The molecule has 0 aliphatic heterocycles. The second-order valence-corrected chi connectivity index (χ2v) is 3.42. The van der Waals surface area contributed by atoms with E-state index in [1.807, 2.05) is 0 Å². The Hall–Kier alpha value is -2.38. The van der Waals surface area contributed by atoms with Gasteiger partial charge in [0, 0.05) is 13.1 Å². The molecule has 0 aromatic carbocycles. The number of furan rings is 1. The topological polar surface area (TPSA) is 114 Å². The molecule has 0 aliphatic rings. The summed E-state index contributed by atoms with van der Waals surface area (Å²) in [5.41, 5.74) is 0. The predicted molar refractivity (Wildman–Crippen MR) is 59.2 cm³/mol.